The van der Waals surface area contributed by atoms with Crippen LogP contribution in [0.1, 0.15) is 25.6 Å². The second kappa shape index (κ2) is 6.85. The third-order valence-electron chi connectivity index (χ3n) is 3.97. The Morgan fingerprint density at radius 1 is 1.40 bits per heavy atom. The maximum atomic E-state index is 5.86. The molecule has 0 aromatic carbocycles. The number of nitrogen functional groups attached to an aromatic ring is 1. The molecule has 6 nitrogen and oxygen atoms in total. The maximum absolute atomic E-state index is 5.86. The lowest BCUT2D eigenvalue weighted by Crippen LogP contribution is -2.43. The fraction of sp³-hybridized carbons (Fsp3) is 0.714. The third kappa shape index (κ3) is 3.58. The summed E-state index contributed by atoms with van der Waals surface area (Å²) < 4.78 is 5.09. The van der Waals surface area contributed by atoms with E-state index >= 15 is 0 Å². The van der Waals surface area contributed by atoms with Crippen molar-refractivity contribution in [1.82, 2.24) is 14.9 Å². The minimum atomic E-state index is 0.389. The van der Waals surface area contributed by atoms with E-state index in [1.807, 2.05) is 6.07 Å². The van der Waals surface area contributed by atoms with Crippen LogP contribution in [0.15, 0.2) is 6.07 Å². The molecule has 112 valence electrons. The van der Waals surface area contributed by atoms with E-state index in [-0.39, 0.29) is 0 Å². The van der Waals surface area contributed by atoms with Gasteiger partial charge in [-0.2, -0.15) is 0 Å². The van der Waals surface area contributed by atoms with Crippen LogP contribution in [0.25, 0.3) is 0 Å². The van der Waals surface area contributed by atoms with Gasteiger partial charge in [0.25, 0.3) is 0 Å². The standard InChI is InChI=1S/C14H25N5O/c1-4-19-7-5-11(6-8-19)18(2)14-9-12(15)16-13(17-14)10-20-3/h9,11H,4-8,10H2,1-3H3,(H2,15,16,17). The van der Waals surface area contributed by atoms with Crippen LogP contribution < -0.4 is 10.6 Å². The first-order chi connectivity index (χ1) is 9.63. The van der Waals surface area contributed by atoms with Crippen molar-refractivity contribution in [1.29, 1.82) is 0 Å². The van der Waals surface area contributed by atoms with Crippen molar-refractivity contribution in [2.24, 2.45) is 0 Å². The zero-order valence-corrected chi connectivity index (χ0v) is 12.7. The van der Waals surface area contributed by atoms with Crippen molar-refractivity contribution in [3.05, 3.63) is 11.9 Å². The van der Waals surface area contributed by atoms with Crippen molar-refractivity contribution in [3.8, 4) is 0 Å². The molecule has 0 aliphatic carbocycles. The van der Waals surface area contributed by atoms with Gasteiger partial charge >= 0.3 is 0 Å². The molecule has 2 N–H and O–H groups in total. The van der Waals surface area contributed by atoms with Gasteiger partial charge in [-0.05, 0) is 19.4 Å². The number of likely N-dealkylation sites (tertiary alicyclic amines) is 1. The molecule has 0 unspecified atom stereocenters. The number of aromatic nitrogens is 2. The van der Waals surface area contributed by atoms with Crippen LogP contribution in [-0.4, -0.2) is 54.7 Å². The molecular formula is C14H25N5O. The van der Waals surface area contributed by atoms with Gasteiger partial charge in [-0.1, -0.05) is 6.92 Å². The summed E-state index contributed by atoms with van der Waals surface area (Å²) in [6, 6.07) is 2.35. The van der Waals surface area contributed by atoms with Crippen LogP contribution in [0.5, 0.6) is 0 Å². The van der Waals surface area contributed by atoms with Crippen LogP contribution in [0.2, 0.25) is 0 Å². The first-order valence-corrected chi connectivity index (χ1v) is 7.21. The molecule has 0 bridgehead atoms. The molecule has 2 heterocycles. The molecule has 1 aromatic heterocycles. The zero-order chi connectivity index (χ0) is 14.5. The van der Waals surface area contributed by atoms with Crippen LogP contribution >= 0.6 is 0 Å². The molecule has 1 saturated heterocycles. The Morgan fingerprint density at radius 2 is 2.10 bits per heavy atom. The van der Waals surface area contributed by atoms with Gasteiger partial charge in [0.05, 0.1) is 0 Å². The van der Waals surface area contributed by atoms with Crippen molar-refractivity contribution in [2.75, 3.05) is 44.4 Å². The highest BCUT2D eigenvalue weighted by atomic mass is 16.5. The summed E-state index contributed by atoms with van der Waals surface area (Å²) in [4.78, 5) is 13.4. The molecule has 1 aliphatic rings. The van der Waals surface area contributed by atoms with E-state index in [0.717, 1.165) is 38.3 Å². The molecule has 1 fully saturated rings. The first-order valence-electron chi connectivity index (χ1n) is 7.21. The van der Waals surface area contributed by atoms with Crippen molar-refractivity contribution in [3.63, 3.8) is 0 Å². The lowest BCUT2D eigenvalue weighted by Gasteiger charge is -2.36. The van der Waals surface area contributed by atoms with Gasteiger partial charge in [0.1, 0.15) is 18.2 Å². The molecule has 0 radical (unpaired) electrons. The molecule has 0 spiro atoms. The molecule has 20 heavy (non-hydrogen) atoms. The van der Waals surface area contributed by atoms with Crippen molar-refractivity contribution < 1.29 is 4.74 Å². The lowest BCUT2D eigenvalue weighted by atomic mass is 10.0. The quantitative estimate of drug-likeness (QED) is 0.871. The van der Waals surface area contributed by atoms with E-state index < -0.39 is 0 Å². The van der Waals surface area contributed by atoms with E-state index in [9.17, 15) is 0 Å². The van der Waals surface area contributed by atoms with Gasteiger partial charge < -0.3 is 20.3 Å². The fourth-order valence-corrected chi connectivity index (χ4v) is 2.69. The normalized spacial score (nSPS) is 17.4. The number of anilines is 2. The second-order valence-corrected chi connectivity index (χ2v) is 5.28. The Balaban J connectivity index is 2.07. The Kier molecular flexibility index (Phi) is 5.14. The average molecular weight is 279 g/mol. The van der Waals surface area contributed by atoms with Crippen LogP contribution in [0, 0.1) is 0 Å². The molecule has 2 rings (SSSR count). The van der Waals surface area contributed by atoms with Gasteiger partial charge in [0.15, 0.2) is 5.82 Å². The number of hydrogen-bond donors (Lipinski definition) is 1. The summed E-state index contributed by atoms with van der Waals surface area (Å²) in [6.45, 7) is 6.04. The van der Waals surface area contributed by atoms with Gasteiger partial charge in [-0.3, -0.25) is 0 Å². The Hall–Kier alpha value is -1.40. The Morgan fingerprint density at radius 3 is 2.70 bits per heavy atom. The highest BCUT2D eigenvalue weighted by molar-refractivity contribution is 5.47. The molecule has 1 aliphatic heterocycles. The predicted octanol–water partition coefficient (Wildman–Crippen LogP) is 1.13. The molecule has 0 atom stereocenters. The largest absolute Gasteiger partial charge is 0.384 e. The minimum absolute atomic E-state index is 0.389. The summed E-state index contributed by atoms with van der Waals surface area (Å²) in [5.74, 6) is 2.03. The van der Waals surface area contributed by atoms with Gasteiger partial charge in [-0.25, -0.2) is 9.97 Å². The first kappa shape index (κ1) is 15.0. The Bertz CT molecular complexity index is 432. The monoisotopic (exact) mass is 279 g/mol. The third-order valence-corrected chi connectivity index (χ3v) is 3.97. The number of ether oxygens (including phenoxy) is 1. The highest BCUT2D eigenvalue weighted by Crippen LogP contribution is 2.21. The number of nitrogens with two attached hydrogens (primary N) is 1. The van der Waals surface area contributed by atoms with E-state index in [0.29, 0.717) is 24.3 Å². The van der Waals surface area contributed by atoms with Crippen molar-refractivity contribution in [2.45, 2.75) is 32.4 Å². The molecule has 6 heteroatoms. The second-order valence-electron chi connectivity index (χ2n) is 5.28. The lowest BCUT2D eigenvalue weighted by molar-refractivity contribution is 0.178. The van der Waals surface area contributed by atoms with Gasteiger partial charge in [0, 0.05) is 39.4 Å². The zero-order valence-electron chi connectivity index (χ0n) is 12.7. The molecule has 0 amide bonds. The number of nitrogens with zero attached hydrogens (tertiary/aromatic N) is 4. The maximum Gasteiger partial charge on any atom is 0.158 e. The molecular weight excluding hydrogens is 254 g/mol. The summed E-state index contributed by atoms with van der Waals surface area (Å²) in [7, 11) is 3.72. The van der Waals surface area contributed by atoms with E-state index in [4.69, 9.17) is 10.5 Å². The number of piperidine rings is 1. The number of methoxy groups -OCH3 is 1. The summed E-state index contributed by atoms with van der Waals surface area (Å²) >= 11 is 0. The predicted molar refractivity (Wildman–Crippen MR) is 80.7 cm³/mol. The fourth-order valence-electron chi connectivity index (χ4n) is 2.69. The van der Waals surface area contributed by atoms with Crippen LogP contribution in [0.4, 0.5) is 11.6 Å². The highest BCUT2D eigenvalue weighted by Gasteiger charge is 2.23. The molecule has 0 saturated carbocycles. The minimum Gasteiger partial charge on any atom is -0.384 e. The van der Waals surface area contributed by atoms with Crippen LogP contribution in [0.3, 0.4) is 0 Å². The van der Waals surface area contributed by atoms with E-state index in [1.54, 1.807) is 7.11 Å². The summed E-state index contributed by atoms with van der Waals surface area (Å²) in [5, 5.41) is 0. The number of hydrogen-bond acceptors (Lipinski definition) is 6. The van der Waals surface area contributed by atoms with E-state index in [1.165, 1.54) is 0 Å². The summed E-state index contributed by atoms with van der Waals surface area (Å²) in [6.07, 6.45) is 2.32. The van der Waals surface area contributed by atoms with Gasteiger partial charge in [-0.15, -0.1) is 0 Å². The van der Waals surface area contributed by atoms with Crippen LogP contribution in [-0.2, 0) is 11.3 Å². The van der Waals surface area contributed by atoms with Crippen molar-refractivity contribution >= 4 is 11.6 Å². The summed E-state index contributed by atoms with van der Waals surface area (Å²) in [5.41, 5.74) is 5.86. The smallest absolute Gasteiger partial charge is 0.158 e. The Labute approximate surface area is 120 Å². The van der Waals surface area contributed by atoms with E-state index in [2.05, 4.69) is 33.7 Å². The SMILES string of the molecule is CCN1CCC(N(C)c2cc(N)nc(COC)n2)CC1. The van der Waals surface area contributed by atoms with Gasteiger partial charge in [0.2, 0.25) is 0 Å². The average Bonchev–Trinajstić information content (AvgIpc) is 2.46. The topological polar surface area (TPSA) is 67.5 Å². The number of rotatable bonds is 5. The molecule has 1 aromatic rings.